The summed E-state index contributed by atoms with van der Waals surface area (Å²) in [5.74, 6) is 0. The lowest BCUT2D eigenvalue weighted by Crippen LogP contribution is -2.29. The Morgan fingerprint density at radius 3 is 2.65 bits per heavy atom. The third-order valence-electron chi connectivity index (χ3n) is 3.25. The molecule has 0 aliphatic carbocycles. The average Bonchev–Trinajstić information content (AvgIpc) is 2.27. The first-order valence-electron chi connectivity index (χ1n) is 6.29. The van der Waals surface area contributed by atoms with E-state index in [4.69, 9.17) is 10.5 Å². The number of nitrogens with two attached hydrogens (primary N) is 1. The van der Waals surface area contributed by atoms with E-state index < -0.39 is 0 Å². The zero-order valence-electron chi connectivity index (χ0n) is 11.5. The maximum atomic E-state index is 6.16. The first kappa shape index (κ1) is 14.2. The van der Waals surface area contributed by atoms with Gasteiger partial charge in [0.1, 0.15) is 0 Å². The monoisotopic (exact) mass is 235 g/mol. The summed E-state index contributed by atoms with van der Waals surface area (Å²) in [5.41, 5.74) is 8.72. The maximum Gasteiger partial charge on any atom is 0.0623 e. The lowest BCUT2D eigenvalue weighted by atomic mass is 9.95. The van der Waals surface area contributed by atoms with Crippen molar-refractivity contribution < 1.29 is 4.74 Å². The summed E-state index contributed by atoms with van der Waals surface area (Å²) in [6.07, 6.45) is 2.94. The van der Waals surface area contributed by atoms with E-state index in [0.29, 0.717) is 0 Å². The molecule has 1 aromatic carbocycles. The van der Waals surface area contributed by atoms with E-state index in [1.807, 2.05) is 0 Å². The van der Waals surface area contributed by atoms with Crippen LogP contribution in [0.5, 0.6) is 0 Å². The topological polar surface area (TPSA) is 35.2 Å². The van der Waals surface area contributed by atoms with Gasteiger partial charge >= 0.3 is 0 Å². The summed E-state index contributed by atoms with van der Waals surface area (Å²) in [4.78, 5) is 0. The Kier molecular flexibility index (Phi) is 5.16. The van der Waals surface area contributed by atoms with Crippen molar-refractivity contribution in [1.82, 2.24) is 0 Å². The maximum absolute atomic E-state index is 6.16. The highest BCUT2D eigenvalue weighted by Crippen LogP contribution is 2.17. The van der Waals surface area contributed by atoms with Gasteiger partial charge in [0.2, 0.25) is 0 Å². The summed E-state index contributed by atoms with van der Waals surface area (Å²) in [6.45, 7) is 6.32. The lowest BCUT2D eigenvalue weighted by molar-refractivity contribution is 0.0125. The Morgan fingerprint density at radius 1 is 1.35 bits per heavy atom. The second kappa shape index (κ2) is 6.18. The molecule has 0 bridgehead atoms. The minimum atomic E-state index is -0.0653. The molecule has 1 atom stereocenters. The smallest absolute Gasteiger partial charge is 0.0623 e. The van der Waals surface area contributed by atoms with Crippen LogP contribution in [-0.4, -0.2) is 18.8 Å². The van der Waals surface area contributed by atoms with Gasteiger partial charge in [0.15, 0.2) is 0 Å². The highest BCUT2D eigenvalue weighted by Gasteiger charge is 2.17. The molecule has 0 heterocycles. The van der Waals surface area contributed by atoms with Crippen molar-refractivity contribution in [3.05, 3.63) is 35.4 Å². The molecule has 0 fully saturated rings. The molecule has 0 spiro atoms. The van der Waals surface area contributed by atoms with Crippen LogP contribution in [0.3, 0.4) is 0 Å². The van der Waals surface area contributed by atoms with Gasteiger partial charge in [-0.1, -0.05) is 29.8 Å². The second-order valence-corrected chi connectivity index (χ2v) is 5.46. The van der Waals surface area contributed by atoms with Crippen molar-refractivity contribution in [2.75, 3.05) is 7.11 Å². The molecular weight excluding hydrogens is 210 g/mol. The largest absolute Gasteiger partial charge is 0.379 e. The van der Waals surface area contributed by atoms with Crippen LogP contribution in [0.25, 0.3) is 0 Å². The Balaban J connectivity index is 2.42. The first-order valence-corrected chi connectivity index (χ1v) is 6.29. The summed E-state index contributed by atoms with van der Waals surface area (Å²) in [6, 6.07) is 8.78. The van der Waals surface area contributed by atoms with Gasteiger partial charge < -0.3 is 10.5 Å². The molecule has 17 heavy (non-hydrogen) atoms. The van der Waals surface area contributed by atoms with Gasteiger partial charge in [-0.15, -0.1) is 0 Å². The normalized spacial score (nSPS) is 13.7. The number of rotatable bonds is 6. The first-order chi connectivity index (χ1) is 7.93. The molecule has 0 amide bonds. The quantitative estimate of drug-likeness (QED) is 0.822. The van der Waals surface area contributed by atoms with Gasteiger partial charge in [-0.3, -0.25) is 0 Å². The van der Waals surface area contributed by atoms with E-state index in [0.717, 1.165) is 19.3 Å². The van der Waals surface area contributed by atoms with Crippen LogP contribution in [0.2, 0.25) is 0 Å². The van der Waals surface area contributed by atoms with Crippen molar-refractivity contribution >= 4 is 0 Å². The van der Waals surface area contributed by atoms with Crippen molar-refractivity contribution in [1.29, 1.82) is 0 Å². The van der Waals surface area contributed by atoms with Crippen LogP contribution in [-0.2, 0) is 11.2 Å². The minimum Gasteiger partial charge on any atom is -0.379 e. The molecular formula is C15H25NO. The average molecular weight is 235 g/mol. The molecule has 0 aromatic heterocycles. The molecule has 2 nitrogen and oxygen atoms in total. The Hall–Kier alpha value is -0.860. The molecule has 0 radical (unpaired) electrons. The molecule has 1 unspecified atom stereocenters. The van der Waals surface area contributed by atoms with Crippen molar-refractivity contribution in [2.45, 2.75) is 51.7 Å². The van der Waals surface area contributed by atoms with E-state index in [-0.39, 0.29) is 11.6 Å². The van der Waals surface area contributed by atoms with E-state index in [1.54, 1.807) is 7.11 Å². The van der Waals surface area contributed by atoms with Crippen LogP contribution in [0, 0.1) is 6.92 Å². The molecule has 0 aliphatic rings. The lowest BCUT2D eigenvalue weighted by Gasteiger charge is -2.24. The van der Waals surface area contributed by atoms with Gasteiger partial charge in [0.25, 0.3) is 0 Å². The predicted molar refractivity (Wildman–Crippen MR) is 73.2 cm³/mol. The fraction of sp³-hybridized carbons (Fsp3) is 0.600. The standard InChI is InChI=1S/C15H25NO/c1-12-6-5-7-13(10-12)11-14(16)8-9-15(2,3)17-4/h5-7,10,14H,8-9,11,16H2,1-4H3. The van der Waals surface area contributed by atoms with Crippen molar-refractivity contribution in [3.63, 3.8) is 0 Å². The molecule has 2 N–H and O–H groups in total. The molecule has 2 heteroatoms. The SMILES string of the molecule is COC(C)(C)CCC(N)Cc1cccc(C)c1. The highest BCUT2D eigenvalue weighted by molar-refractivity contribution is 5.22. The number of hydrogen-bond acceptors (Lipinski definition) is 2. The number of benzene rings is 1. The van der Waals surface area contributed by atoms with E-state index in [9.17, 15) is 0 Å². The Labute approximate surface area is 105 Å². The van der Waals surface area contributed by atoms with Crippen LogP contribution in [0.4, 0.5) is 0 Å². The summed E-state index contributed by atoms with van der Waals surface area (Å²) in [5, 5.41) is 0. The number of ether oxygens (including phenoxy) is 1. The van der Waals surface area contributed by atoms with Gasteiger partial charge in [0.05, 0.1) is 5.60 Å². The Bertz CT molecular complexity index is 347. The molecule has 1 aromatic rings. The van der Waals surface area contributed by atoms with Gasteiger partial charge in [-0.05, 0) is 45.6 Å². The van der Waals surface area contributed by atoms with Crippen molar-refractivity contribution in [2.24, 2.45) is 5.73 Å². The van der Waals surface area contributed by atoms with E-state index >= 15 is 0 Å². The third-order valence-corrected chi connectivity index (χ3v) is 3.25. The van der Waals surface area contributed by atoms with E-state index in [1.165, 1.54) is 11.1 Å². The minimum absolute atomic E-state index is 0.0653. The fourth-order valence-corrected chi connectivity index (χ4v) is 1.88. The number of methoxy groups -OCH3 is 1. The zero-order valence-corrected chi connectivity index (χ0v) is 11.5. The predicted octanol–water partition coefficient (Wildman–Crippen LogP) is 3.07. The van der Waals surface area contributed by atoms with Crippen molar-refractivity contribution in [3.8, 4) is 0 Å². The highest BCUT2D eigenvalue weighted by atomic mass is 16.5. The zero-order chi connectivity index (χ0) is 12.9. The fourth-order valence-electron chi connectivity index (χ4n) is 1.88. The number of hydrogen-bond donors (Lipinski definition) is 1. The van der Waals surface area contributed by atoms with Crippen LogP contribution in [0.1, 0.15) is 37.8 Å². The summed E-state index contributed by atoms with van der Waals surface area (Å²) in [7, 11) is 1.76. The van der Waals surface area contributed by atoms with Crippen LogP contribution in [0.15, 0.2) is 24.3 Å². The third kappa shape index (κ3) is 5.33. The van der Waals surface area contributed by atoms with Crippen LogP contribution < -0.4 is 5.73 Å². The molecule has 0 saturated heterocycles. The molecule has 96 valence electrons. The van der Waals surface area contributed by atoms with E-state index in [2.05, 4.69) is 45.0 Å². The molecule has 1 rings (SSSR count). The van der Waals surface area contributed by atoms with Gasteiger partial charge in [-0.25, -0.2) is 0 Å². The van der Waals surface area contributed by atoms with Gasteiger partial charge in [0, 0.05) is 13.2 Å². The molecule has 0 aliphatic heterocycles. The Morgan fingerprint density at radius 2 is 2.06 bits per heavy atom. The van der Waals surface area contributed by atoms with Gasteiger partial charge in [-0.2, -0.15) is 0 Å². The van der Waals surface area contributed by atoms with Crippen LogP contribution >= 0.6 is 0 Å². The second-order valence-electron chi connectivity index (χ2n) is 5.46. The summed E-state index contributed by atoms with van der Waals surface area (Å²) >= 11 is 0. The molecule has 0 saturated carbocycles. The number of aryl methyl sites for hydroxylation is 1. The summed E-state index contributed by atoms with van der Waals surface area (Å²) < 4.78 is 5.40.